The van der Waals surface area contributed by atoms with Crippen molar-refractivity contribution in [2.75, 3.05) is 19.6 Å². The van der Waals surface area contributed by atoms with Gasteiger partial charge in [-0.25, -0.2) is 4.39 Å². The first kappa shape index (κ1) is 19.4. The number of hydrogen-bond acceptors (Lipinski definition) is 3. The van der Waals surface area contributed by atoms with Gasteiger partial charge in [0.2, 0.25) is 5.91 Å². The maximum Gasteiger partial charge on any atom is 0.251 e. The Bertz CT molecular complexity index is 531. The van der Waals surface area contributed by atoms with Crippen molar-refractivity contribution in [3.05, 3.63) is 35.6 Å². The molecule has 1 heterocycles. The van der Waals surface area contributed by atoms with Gasteiger partial charge < -0.3 is 16.0 Å². The van der Waals surface area contributed by atoms with E-state index >= 15 is 0 Å². The molecule has 3 N–H and O–H groups in total. The molecule has 2 amide bonds. The molecule has 0 radical (unpaired) electrons. The second-order valence-corrected chi connectivity index (χ2v) is 5.72. The van der Waals surface area contributed by atoms with Crippen LogP contribution in [0.4, 0.5) is 4.39 Å². The lowest BCUT2D eigenvalue weighted by atomic mass is 10.0. The lowest BCUT2D eigenvalue weighted by molar-refractivity contribution is -0.135. The fourth-order valence-corrected chi connectivity index (χ4v) is 2.53. The summed E-state index contributed by atoms with van der Waals surface area (Å²) in [6.45, 7) is 3.42. The molecule has 1 saturated heterocycles. The molecule has 1 aromatic rings. The van der Waals surface area contributed by atoms with Crippen molar-refractivity contribution in [1.82, 2.24) is 10.2 Å². The van der Waals surface area contributed by atoms with Gasteiger partial charge in [0.1, 0.15) is 5.82 Å². The van der Waals surface area contributed by atoms with Crippen LogP contribution < -0.4 is 11.1 Å². The molecule has 1 aromatic carbocycles. The summed E-state index contributed by atoms with van der Waals surface area (Å²) < 4.78 is 12.8. The van der Waals surface area contributed by atoms with Gasteiger partial charge in [-0.1, -0.05) is 6.92 Å². The molecule has 128 valence electrons. The zero-order valence-electron chi connectivity index (χ0n) is 13.1. The number of likely N-dealkylation sites (tertiary alicyclic amines) is 1. The Balaban J connectivity index is 0.00000264. The summed E-state index contributed by atoms with van der Waals surface area (Å²) in [4.78, 5) is 25.9. The third kappa shape index (κ3) is 5.18. The van der Waals surface area contributed by atoms with Crippen LogP contribution in [0.15, 0.2) is 24.3 Å². The Kier molecular flexibility index (Phi) is 7.45. The predicted molar refractivity (Wildman–Crippen MR) is 88.9 cm³/mol. The highest BCUT2D eigenvalue weighted by Gasteiger charge is 2.26. The standard InChI is InChI=1S/C16H22FN3O2.ClH/c1-11(10-18)16(22)20-8-6-14(7-9-20)19-15(21)12-2-4-13(17)5-3-12;/h2-5,11,14H,6-10,18H2,1H3,(H,19,21);1H. The quantitative estimate of drug-likeness (QED) is 0.871. The van der Waals surface area contributed by atoms with E-state index in [0.717, 1.165) is 12.8 Å². The van der Waals surface area contributed by atoms with Gasteiger partial charge >= 0.3 is 0 Å². The molecule has 1 fully saturated rings. The number of nitrogens with one attached hydrogen (secondary N) is 1. The summed E-state index contributed by atoms with van der Waals surface area (Å²) in [7, 11) is 0. The second kappa shape index (κ2) is 8.84. The second-order valence-electron chi connectivity index (χ2n) is 5.72. The lowest BCUT2D eigenvalue weighted by Gasteiger charge is -2.33. The minimum atomic E-state index is -0.364. The van der Waals surface area contributed by atoms with Crippen LogP contribution in [-0.4, -0.2) is 42.4 Å². The van der Waals surface area contributed by atoms with Crippen LogP contribution in [-0.2, 0) is 4.79 Å². The van der Waals surface area contributed by atoms with Crippen molar-refractivity contribution in [3.63, 3.8) is 0 Å². The number of hydrogen-bond donors (Lipinski definition) is 2. The van der Waals surface area contributed by atoms with E-state index in [0.29, 0.717) is 25.2 Å². The summed E-state index contributed by atoms with van der Waals surface area (Å²) in [6.07, 6.45) is 1.44. The fraction of sp³-hybridized carbons (Fsp3) is 0.500. The number of nitrogens with two attached hydrogens (primary N) is 1. The number of benzene rings is 1. The van der Waals surface area contributed by atoms with Crippen LogP contribution in [0.25, 0.3) is 0 Å². The van der Waals surface area contributed by atoms with Gasteiger partial charge in [-0.05, 0) is 37.1 Å². The molecule has 0 aromatic heterocycles. The highest BCUT2D eigenvalue weighted by molar-refractivity contribution is 5.94. The Hall–Kier alpha value is -1.66. The van der Waals surface area contributed by atoms with Gasteiger partial charge in [0.05, 0.1) is 0 Å². The Labute approximate surface area is 141 Å². The molecule has 1 unspecified atom stereocenters. The molecule has 1 aliphatic rings. The Morgan fingerprint density at radius 1 is 1.30 bits per heavy atom. The SMILES string of the molecule is CC(CN)C(=O)N1CCC(NC(=O)c2ccc(F)cc2)CC1.Cl. The average molecular weight is 344 g/mol. The number of carbonyl (C=O) groups excluding carboxylic acids is 2. The first-order valence-corrected chi connectivity index (χ1v) is 7.56. The monoisotopic (exact) mass is 343 g/mol. The minimum Gasteiger partial charge on any atom is -0.349 e. The van der Waals surface area contributed by atoms with Crippen LogP contribution in [0.2, 0.25) is 0 Å². The van der Waals surface area contributed by atoms with Gasteiger partial charge in [-0.15, -0.1) is 12.4 Å². The molecular weight excluding hydrogens is 321 g/mol. The van der Waals surface area contributed by atoms with Gasteiger partial charge in [-0.2, -0.15) is 0 Å². The number of amides is 2. The third-order valence-corrected chi connectivity index (χ3v) is 4.02. The van der Waals surface area contributed by atoms with Crippen molar-refractivity contribution in [3.8, 4) is 0 Å². The van der Waals surface area contributed by atoms with E-state index in [9.17, 15) is 14.0 Å². The summed E-state index contributed by atoms with van der Waals surface area (Å²) in [5.74, 6) is -0.659. The lowest BCUT2D eigenvalue weighted by Crippen LogP contribution is -2.48. The molecular formula is C16H23ClFN3O2. The van der Waals surface area contributed by atoms with Gasteiger partial charge in [0.25, 0.3) is 5.91 Å². The van der Waals surface area contributed by atoms with Crippen LogP contribution in [0.1, 0.15) is 30.1 Å². The predicted octanol–water partition coefficient (Wildman–Crippen LogP) is 1.56. The van der Waals surface area contributed by atoms with Gasteiger partial charge in [0.15, 0.2) is 0 Å². The minimum absolute atomic E-state index is 0. The Morgan fingerprint density at radius 3 is 2.39 bits per heavy atom. The largest absolute Gasteiger partial charge is 0.349 e. The van der Waals surface area contributed by atoms with Crippen LogP contribution in [0.3, 0.4) is 0 Å². The van der Waals surface area contributed by atoms with Crippen molar-refractivity contribution >= 4 is 24.2 Å². The zero-order valence-corrected chi connectivity index (χ0v) is 13.9. The van der Waals surface area contributed by atoms with E-state index in [1.54, 1.807) is 4.90 Å². The number of nitrogens with zero attached hydrogens (tertiary/aromatic N) is 1. The average Bonchev–Trinajstić information content (AvgIpc) is 2.54. The van der Waals surface area contributed by atoms with Crippen molar-refractivity contribution in [1.29, 1.82) is 0 Å². The fourth-order valence-electron chi connectivity index (χ4n) is 2.53. The molecule has 2 rings (SSSR count). The topological polar surface area (TPSA) is 75.4 Å². The van der Waals surface area contributed by atoms with Gasteiger partial charge in [-0.3, -0.25) is 9.59 Å². The molecule has 23 heavy (non-hydrogen) atoms. The van der Waals surface area contributed by atoms with E-state index < -0.39 is 0 Å². The van der Waals surface area contributed by atoms with Crippen molar-refractivity contribution < 1.29 is 14.0 Å². The van der Waals surface area contributed by atoms with Crippen LogP contribution in [0.5, 0.6) is 0 Å². The first-order valence-electron chi connectivity index (χ1n) is 7.56. The third-order valence-electron chi connectivity index (χ3n) is 4.02. The van der Waals surface area contributed by atoms with E-state index in [1.165, 1.54) is 24.3 Å². The van der Waals surface area contributed by atoms with E-state index in [4.69, 9.17) is 5.73 Å². The molecule has 0 bridgehead atoms. The molecule has 5 nitrogen and oxygen atoms in total. The molecule has 0 saturated carbocycles. The highest BCUT2D eigenvalue weighted by atomic mass is 35.5. The Morgan fingerprint density at radius 2 is 1.87 bits per heavy atom. The number of halogens is 2. The molecule has 7 heteroatoms. The smallest absolute Gasteiger partial charge is 0.251 e. The number of piperidine rings is 1. The zero-order chi connectivity index (χ0) is 16.1. The van der Waals surface area contributed by atoms with E-state index in [-0.39, 0.29) is 42.0 Å². The normalized spacial score (nSPS) is 16.4. The highest BCUT2D eigenvalue weighted by Crippen LogP contribution is 2.14. The van der Waals surface area contributed by atoms with E-state index in [1.807, 2.05) is 6.92 Å². The summed E-state index contributed by atoms with van der Waals surface area (Å²) >= 11 is 0. The summed E-state index contributed by atoms with van der Waals surface area (Å²) in [5.41, 5.74) is 5.96. The maximum atomic E-state index is 12.8. The van der Waals surface area contributed by atoms with Crippen molar-refractivity contribution in [2.24, 2.45) is 11.7 Å². The van der Waals surface area contributed by atoms with Crippen LogP contribution in [0, 0.1) is 11.7 Å². The molecule has 0 spiro atoms. The summed E-state index contributed by atoms with van der Waals surface area (Å²) in [5, 5.41) is 2.93. The first-order chi connectivity index (χ1) is 10.5. The van der Waals surface area contributed by atoms with E-state index in [2.05, 4.69) is 5.32 Å². The summed E-state index contributed by atoms with van der Waals surface area (Å²) in [6, 6.07) is 5.50. The molecule has 1 atom stereocenters. The maximum absolute atomic E-state index is 12.8. The van der Waals surface area contributed by atoms with Crippen LogP contribution >= 0.6 is 12.4 Å². The molecule has 0 aliphatic carbocycles. The van der Waals surface area contributed by atoms with Crippen molar-refractivity contribution in [2.45, 2.75) is 25.8 Å². The van der Waals surface area contributed by atoms with Gasteiger partial charge in [0, 0.05) is 37.2 Å². The number of carbonyl (C=O) groups is 2. The molecule has 1 aliphatic heterocycles. The number of rotatable bonds is 4.